The first-order chi connectivity index (χ1) is 8.08. The highest BCUT2D eigenvalue weighted by Gasteiger charge is 2.32. The summed E-state index contributed by atoms with van der Waals surface area (Å²) < 4.78 is 5.11. The van der Waals surface area contributed by atoms with Crippen molar-refractivity contribution in [3.8, 4) is 0 Å². The summed E-state index contributed by atoms with van der Waals surface area (Å²) in [4.78, 5) is 11.5. The van der Waals surface area contributed by atoms with E-state index in [1.54, 1.807) is 0 Å². The van der Waals surface area contributed by atoms with Crippen LogP contribution in [-0.2, 0) is 9.53 Å². The van der Waals surface area contributed by atoms with Crippen molar-refractivity contribution in [2.45, 2.75) is 38.5 Å². The molecule has 4 heteroatoms. The highest BCUT2D eigenvalue weighted by molar-refractivity contribution is 6.31. The molecule has 1 aromatic rings. The highest BCUT2D eigenvalue weighted by atomic mass is 35.5. The first-order valence-corrected chi connectivity index (χ1v) is 6.16. The number of halogens is 1. The van der Waals surface area contributed by atoms with Gasteiger partial charge in [-0.05, 0) is 25.5 Å². The molecule has 1 aromatic carbocycles. The van der Waals surface area contributed by atoms with E-state index in [0.29, 0.717) is 11.4 Å². The van der Waals surface area contributed by atoms with E-state index in [9.17, 15) is 4.79 Å². The van der Waals surface area contributed by atoms with Crippen molar-refractivity contribution in [2.75, 3.05) is 0 Å². The van der Waals surface area contributed by atoms with Crippen LogP contribution in [0.15, 0.2) is 24.3 Å². The number of esters is 1. The highest BCUT2D eigenvalue weighted by Crippen LogP contribution is 2.24. The molecule has 1 aliphatic heterocycles. The summed E-state index contributed by atoms with van der Waals surface area (Å²) in [5.74, 6) is -0.170. The van der Waals surface area contributed by atoms with Crippen molar-refractivity contribution < 1.29 is 9.53 Å². The fraction of sp³-hybridized carbons (Fsp3) is 0.462. The van der Waals surface area contributed by atoms with Crippen LogP contribution in [0.3, 0.4) is 0 Å². The number of rotatable bonds is 3. The molecule has 0 saturated carbocycles. The molecule has 3 atom stereocenters. The number of carbonyl (C=O) groups excluding carboxylic acids is 1. The second-order valence-electron chi connectivity index (χ2n) is 4.45. The first-order valence-electron chi connectivity index (χ1n) is 5.79. The molecule has 0 aromatic heterocycles. The summed E-state index contributed by atoms with van der Waals surface area (Å²) >= 11 is 6.11. The SMILES string of the molecule is C[C@@H]1C[C@H](N[C@@H](C)c2ccccc2Cl)C(=O)O1. The van der Waals surface area contributed by atoms with Gasteiger partial charge in [0.05, 0.1) is 0 Å². The van der Waals surface area contributed by atoms with Crippen LogP contribution < -0.4 is 5.32 Å². The third-order valence-electron chi connectivity index (χ3n) is 2.99. The summed E-state index contributed by atoms with van der Waals surface area (Å²) in [7, 11) is 0. The van der Waals surface area contributed by atoms with Gasteiger partial charge in [-0.25, -0.2) is 0 Å². The topological polar surface area (TPSA) is 38.3 Å². The Morgan fingerprint density at radius 1 is 1.47 bits per heavy atom. The Labute approximate surface area is 106 Å². The van der Waals surface area contributed by atoms with Gasteiger partial charge in [0, 0.05) is 17.5 Å². The first kappa shape index (κ1) is 12.4. The fourth-order valence-corrected chi connectivity index (χ4v) is 2.41. The molecule has 0 amide bonds. The van der Waals surface area contributed by atoms with E-state index in [4.69, 9.17) is 16.3 Å². The number of carbonyl (C=O) groups is 1. The Balaban J connectivity index is 2.05. The van der Waals surface area contributed by atoms with Gasteiger partial charge >= 0.3 is 5.97 Å². The minimum Gasteiger partial charge on any atom is -0.461 e. The van der Waals surface area contributed by atoms with Crippen molar-refractivity contribution in [3.05, 3.63) is 34.9 Å². The van der Waals surface area contributed by atoms with Crippen LogP contribution in [0, 0.1) is 0 Å². The standard InChI is InChI=1S/C13H16ClNO2/c1-8-7-12(13(16)17-8)15-9(2)10-5-3-4-6-11(10)14/h3-6,8-9,12,15H,7H2,1-2H3/t8-,9+,12+/m1/s1. The van der Waals surface area contributed by atoms with Gasteiger partial charge in [0.25, 0.3) is 0 Å². The average Bonchev–Trinajstić information content (AvgIpc) is 2.58. The quantitative estimate of drug-likeness (QED) is 0.842. The molecule has 2 rings (SSSR count). The lowest BCUT2D eigenvalue weighted by atomic mass is 10.1. The van der Waals surface area contributed by atoms with Crippen LogP contribution in [0.5, 0.6) is 0 Å². The molecule has 0 radical (unpaired) electrons. The number of nitrogens with one attached hydrogen (secondary N) is 1. The lowest BCUT2D eigenvalue weighted by Crippen LogP contribution is -2.35. The summed E-state index contributed by atoms with van der Waals surface area (Å²) in [6, 6.07) is 7.45. The molecule has 0 spiro atoms. The molecule has 1 saturated heterocycles. The summed E-state index contributed by atoms with van der Waals surface area (Å²) in [5, 5.41) is 3.97. The normalized spacial score (nSPS) is 25.7. The van der Waals surface area contributed by atoms with Crippen molar-refractivity contribution in [3.63, 3.8) is 0 Å². The lowest BCUT2D eigenvalue weighted by Gasteiger charge is -2.18. The summed E-state index contributed by atoms with van der Waals surface area (Å²) in [6.45, 7) is 3.90. The monoisotopic (exact) mass is 253 g/mol. The van der Waals surface area contributed by atoms with Crippen LogP contribution in [-0.4, -0.2) is 18.1 Å². The van der Waals surface area contributed by atoms with E-state index in [2.05, 4.69) is 5.32 Å². The van der Waals surface area contributed by atoms with Gasteiger partial charge in [0.15, 0.2) is 0 Å². The average molecular weight is 254 g/mol. The molecule has 1 aliphatic rings. The zero-order valence-electron chi connectivity index (χ0n) is 9.94. The third-order valence-corrected chi connectivity index (χ3v) is 3.34. The number of ether oxygens (including phenoxy) is 1. The van der Waals surface area contributed by atoms with E-state index in [-0.39, 0.29) is 24.2 Å². The Hall–Kier alpha value is -1.06. The van der Waals surface area contributed by atoms with Crippen LogP contribution in [0.2, 0.25) is 5.02 Å². The Kier molecular flexibility index (Phi) is 3.69. The number of hydrogen-bond acceptors (Lipinski definition) is 3. The van der Waals surface area contributed by atoms with E-state index in [0.717, 1.165) is 5.56 Å². The molecule has 1 fully saturated rings. The molecule has 0 unspecified atom stereocenters. The van der Waals surface area contributed by atoms with E-state index < -0.39 is 0 Å². The van der Waals surface area contributed by atoms with Crippen LogP contribution in [0.4, 0.5) is 0 Å². The molecule has 92 valence electrons. The maximum atomic E-state index is 11.5. The molecular formula is C13H16ClNO2. The molecule has 1 N–H and O–H groups in total. The summed E-state index contributed by atoms with van der Waals surface area (Å²) in [6.07, 6.45) is 0.714. The van der Waals surface area contributed by atoms with E-state index in [1.807, 2.05) is 38.1 Å². The number of hydrogen-bond donors (Lipinski definition) is 1. The predicted molar refractivity (Wildman–Crippen MR) is 67.0 cm³/mol. The largest absolute Gasteiger partial charge is 0.461 e. The Morgan fingerprint density at radius 3 is 2.76 bits per heavy atom. The van der Waals surface area contributed by atoms with Gasteiger partial charge in [-0.15, -0.1) is 0 Å². The zero-order chi connectivity index (χ0) is 12.4. The second-order valence-corrected chi connectivity index (χ2v) is 4.85. The van der Waals surface area contributed by atoms with Crippen molar-refractivity contribution in [1.82, 2.24) is 5.32 Å². The second kappa shape index (κ2) is 5.07. The molecule has 0 aliphatic carbocycles. The smallest absolute Gasteiger partial charge is 0.323 e. The van der Waals surface area contributed by atoms with Crippen molar-refractivity contribution >= 4 is 17.6 Å². The van der Waals surface area contributed by atoms with Gasteiger partial charge in [-0.2, -0.15) is 0 Å². The van der Waals surface area contributed by atoms with E-state index in [1.165, 1.54) is 0 Å². The fourth-order valence-electron chi connectivity index (χ4n) is 2.11. The third kappa shape index (κ3) is 2.79. The maximum Gasteiger partial charge on any atom is 0.323 e. The zero-order valence-corrected chi connectivity index (χ0v) is 10.7. The minimum absolute atomic E-state index is 0.00144. The summed E-state index contributed by atoms with van der Waals surface area (Å²) in [5.41, 5.74) is 1.00. The van der Waals surface area contributed by atoms with Gasteiger partial charge in [0.1, 0.15) is 12.1 Å². The van der Waals surface area contributed by atoms with Crippen LogP contribution in [0.25, 0.3) is 0 Å². The maximum absolute atomic E-state index is 11.5. The van der Waals surface area contributed by atoms with Gasteiger partial charge in [-0.3, -0.25) is 10.1 Å². The lowest BCUT2D eigenvalue weighted by molar-refractivity contribution is -0.142. The van der Waals surface area contributed by atoms with Crippen molar-refractivity contribution in [1.29, 1.82) is 0 Å². The molecule has 17 heavy (non-hydrogen) atoms. The van der Waals surface area contributed by atoms with Crippen LogP contribution >= 0.6 is 11.6 Å². The van der Waals surface area contributed by atoms with E-state index >= 15 is 0 Å². The van der Waals surface area contributed by atoms with Gasteiger partial charge in [0.2, 0.25) is 0 Å². The molecule has 1 heterocycles. The van der Waals surface area contributed by atoms with Gasteiger partial charge < -0.3 is 4.74 Å². The molecule has 0 bridgehead atoms. The van der Waals surface area contributed by atoms with Crippen molar-refractivity contribution in [2.24, 2.45) is 0 Å². The number of benzene rings is 1. The van der Waals surface area contributed by atoms with Gasteiger partial charge in [-0.1, -0.05) is 29.8 Å². The van der Waals surface area contributed by atoms with Crippen LogP contribution in [0.1, 0.15) is 31.9 Å². The molecular weight excluding hydrogens is 238 g/mol. The molecule has 3 nitrogen and oxygen atoms in total. The predicted octanol–water partition coefficient (Wildman–Crippen LogP) is 2.69. The minimum atomic E-state index is -0.226. The Morgan fingerprint density at radius 2 is 2.18 bits per heavy atom. The Bertz CT molecular complexity index is 422. The number of cyclic esters (lactones) is 1.